The van der Waals surface area contributed by atoms with E-state index in [0.717, 1.165) is 36.1 Å². The molecule has 1 N–H and O–H groups in total. The maximum Gasteiger partial charge on any atom is 0.234 e. The molecule has 124 valence electrons. The molecule has 2 rings (SSSR count). The molecular formula is C16H22N4O2S. The number of thioether (sulfide) groups is 1. The number of anilines is 1. The van der Waals surface area contributed by atoms with Crippen molar-refractivity contribution in [3.8, 4) is 5.75 Å². The molecule has 1 aromatic heterocycles. The maximum atomic E-state index is 12.1. The number of hydrogen-bond acceptors (Lipinski definition) is 5. The molecule has 1 aromatic carbocycles. The van der Waals surface area contributed by atoms with Crippen molar-refractivity contribution in [2.45, 2.75) is 38.4 Å². The molecule has 0 aliphatic heterocycles. The van der Waals surface area contributed by atoms with Gasteiger partial charge in [0, 0.05) is 24.7 Å². The first kappa shape index (κ1) is 17.3. The summed E-state index contributed by atoms with van der Waals surface area (Å²) in [5, 5.41) is 12.0. The minimum Gasteiger partial charge on any atom is -0.497 e. The van der Waals surface area contributed by atoms with Crippen molar-refractivity contribution in [3.63, 3.8) is 0 Å². The monoisotopic (exact) mass is 334 g/mol. The number of aromatic nitrogens is 3. The molecule has 1 heterocycles. The summed E-state index contributed by atoms with van der Waals surface area (Å²) in [6, 6.07) is 7.30. The second-order valence-electron chi connectivity index (χ2n) is 4.97. The third kappa shape index (κ3) is 4.72. The Balaban J connectivity index is 1.95. The molecule has 23 heavy (non-hydrogen) atoms. The van der Waals surface area contributed by atoms with Gasteiger partial charge in [0.2, 0.25) is 5.91 Å². The molecule has 7 heteroatoms. The topological polar surface area (TPSA) is 69.0 Å². The number of hydrogen-bond donors (Lipinski definition) is 1. The van der Waals surface area contributed by atoms with Gasteiger partial charge in [-0.15, -0.1) is 10.2 Å². The SMILES string of the molecule is CCCn1c(CC)nnc1SCC(=O)Nc1cccc(OC)c1. The molecular weight excluding hydrogens is 312 g/mol. The molecule has 2 aromatic rings. The number of methoxy groups -OCH3 is 1. The second kappa shape index (κ2) is 8.57. The fourth-order valence-corrected chi connectivity index (χ4v) is 2.95. The fraction of sp³-hybridized carbons (Fsp3) is 0.438. The smallest absolute Gasteiger partial charge is 0.234 e. The van der Waals surface area contributed by atoms with Crippen LogP contribution in [0.5, 0.6) is 5.75 Å². The third-order valence-corrected chi connectivity index (χ3v) is 4.21. The van der Waals surface area contributed by atoms with Gasteiger partial charge in [-0.05, 0) is 18.6 Å². The van der Waals surface area contributed by atoms with Crippen molar-refractivity contribution >= 4 is 23.4 Å². The molecule has 0 aliphatic carbocycles. The molecule has 0 aliphatic rings. The largest absolute Gasteiger partial charge is 0.497 e. The first-order valence-electron chi connectivity index (χ1n) is 7.66. The van der Waals surface area contributed by atoms with E-state index in [9.17, 15) is 4.79 Å². The highest BCUT2D eigenvalue weighted by atomic mass is 32.2. The van der Waals surface area contributed by atoms with Crippen LogP contribution in [-0.4, -0.2) is 33.5 Å². The van der Waals surface area contributed by atoms with Crippen LogP contribution in [0, 0.1) is 0 Å². The van der Waals surface area contributed by atoms with E-state index >= 15 is 0 Å². The minimum absolute atomic E-state index is 0.0765. The number of carbonyl (C=O) groups excluding carboxylic acids is 1. The van der Waals surface area contributed by atoms with Crippen LogP contribution < -0.4 is 10.1 Å². The summed E-state index contributed by atoms with van der Waals surface area (Å²) in [6.45, 7) is 5.04. The van der Waals surface area contributed by atoms with Crippen LogP contribution in [0.15, 0.2) is 29.4 Å². The summed E-state index contributed by atoms with van der Waals surface area (Å²) in [6.07, 6.45) is 1.85. The number of amides is 1. The Morgan fingerprint density at radius 1 is 1.35 bits per heavy atom. The van der Waals surface area contributed by atoms with E-state index in [-0.39, 0.29) is 5.91 Å². The summed E-state index contributed by atoms with van der Waals surface area (Å²) in [4.78, 5) is 12.1. The van der Waals surface area contributed by atoms with Gasteiger partial charge < -0.3 is 14.6 Å². The molecule has 0 saturated heterocycles. The Kier molecular flexibility index (Phi) is 6.46. The second-order valence-corrected chi connectivity index (χ2v) is 5.92. The third-order valence-electron chi connectivity index (χ3n) is 3.24. The van der Waals surface area contributed by atoms with E-state index in [1.807, 2.05) is 18.2 Å². The Morgan fingerprint density at radius 2 is 2.17 bits per heavy atom. The Morgan fingerprint density at radius 3 is 2.87 bits per heavy atom. The number of nitrogens with zero attached hydrogens (tertiary/aromatic N) is 3. The zero-order valence-electron chi connectivity index (χ0n) is 13.7. The van der Waals surface area contributed by atoms with E-state index in [4.69, 9.17) is 4.74 Å². The molecule has 0 bridgehead atoms. The summed E-state index contributed by atoms with van der Waals surface area (Å²) >= 11 is 1.41. The molecule has 1 amide bonds. The summed E-state index contributed by atoms with van der Waals surface area (Å²) in [5.41, 5.74) is 0.722. The zero-order valence-corrected chi connectivity index (χ0v) is 14.5. The first-order chi connectivity index (χ1) is 11.2. The average Bonchev–Trinajstić information content (AvgIpc) is 2.95. The highest BCUT2D eigenvalue weighted by molar-refractivity contribution is 7.99. The maximum absolute atomic E-state index is 12.1. The Labute approximate surface area is 140 Å². The number of ether oxygens (including phenoxy) is 1. The highest BCUT2D eigenvalue weighted by Gasteiger charge is 2.12. The van der Waals surface area contributed by atoms with Crippen LogP contribution in [0.1, 0.15) is 26.1 Å². The van der Waals surface area contributed by atoms with Crippen molar-refractivity contribution in [3.05, 3.63) is 30.1 Å². The van der Waals surface area contributed by atoms with Crippen LogP contribution in [0.2, 0.25) is 0 Å². The predicted octanol–water partition coefficient (Wildman–Crippen LogP) is 2.99. The minimum atomic E-state index is -0.0765. The lowest BCUT2D eigenvalue weighted by atomic mass is 10.3. The van der Waals surface area contributed by atoms with Gasteiger partial charge in [0.1, 0.15) is 11.6 Å². The molecule has 0 fully saturated rings. The van der Waals surface area contributed by atoms with Crippen LogP contribution in [0.25, 0.3) is 0 Å². The van der Waals surface area contributed by atoms with Gasteiger partial charge in [0.15, 0.2) is 5.16 Å². The van der Waals surface area contributed by atoms with E-state index in [2.05, 4.69) is 33.9 Å². The Hall–Kier alpha value is -2.02. The predicted molar refractivity (Wildman–Crippen MR) is 92.0 cm³/mol. The lowest BCUT2D eigenvalue weighted by Gasteiger charge is -2.08. The molecule has 0 unspecified atom stereocenters. The zero-order chi connectivity index (χ0) is 16.7. The van der Waals surface area contributed by atoms with Crippen LogP contribution >= 0.6 is 11.8 Å². The van der Waals surface area contributed by atoms with Crippen molar-refractivity contribution in [2.24, 2.45) is 0 Å². The number of aryl methyl sites for hydroxylation is 1. The highest BCUT2D eigenvalue weighted by Crippen LogP contribution is 2.20. The summed E-state index contributed by atoms with van der Waals surface area (Å²) in [7, 11) is 1.60. The summed E-state index contributed by atoms with van der Waals surface area (Å²) in [5.74, 6) is 1.89. The van der Waals surface area contributed by atoms with E-state index in [0.29, 0.717) is 11.5 Å². The van der Waals surface area contributed by atoms with Gasteiger partial charge in [-0.2, -0.15) is 0 Å². The molecule has 0 saturated carbocycles. The van der Waals surface area contributed by atoms with Crippen LogP contribution in [0.4, 0.5) is 5.69 Å². The normalized spacial score (nSPS) is 10.6. The molecule has 0 atom stereocenters. The van der Waals surface area contributed by atoms with Crippen LogP contribution in [0.3, 0.4) is 0 Å². The number of nitrogens with one attached hydrogen (secondary N) is 1. The van der Waals surface area contributed by atoms with Gasteiger partial charge >= 0.3 is 0 Å². The standard InChI is InChI=1S/C16H22N4O2S/c1-4-9-20-14(5-2)18-19-16(20)23-11-15(21)17-12-7-6-8-13(10-12)22-3/h6-8,10H,4-5,9,11H2,1-3H3,(H,17,21). The lowest BCUT2D eigenvalue weighted by Crippen LogP contribution is -2.15. The first-order valence-corrected chi connectivity index (χ1v) is 8.65. The lowest BCUT2D eigenvalue weighted by molar-refractivity contribution is -0.113. The van der Waals surface area contributed by atoms with Crippen molar-refractivity contribution < 1.29 is 9.53 Å². The van der Waals surface area contributed by atoms with Crippen molar-refractivity contribution in [2.75, 3.05) is 18.2 Å². The van der Waals surface area contributed by atoms with Crippen molar-refractivity contribution in [1.29, 1.82) is 0 Å². The van der Waals surface area contributed by atoms with Crippen molar-refractivity contribution in [1.82, 2.24) is 14.8 Å². The molecule has 6 nitrogen and oxygen atoms in total. The van der Waals surface area contributed by atoms with Crippen LogP contribution in [-0.2, 0) is 17.8 Å². The van der Waals surface area contributed by atoms with Gasteiger partial charge in [-0.3, -0.25) is 4.79 Å². The van der Waals surface area contributed by atoms with E-state index in [1.165, 1.54) is 11.8 Å². The fourth-order valence-electron chi connectivity index (χ4n) is 2.16. The van der Waals surface area contributed by atoms with Gasteiger partial charge in [-0.1, -0.05) is 31.7 Å². The van der Waals surface area contributed by atoms with E-state index in [1.54, 1.807) is 13.2 Å². The van der Waals surface area contributed by atoms with Gasteiger partial charge in [0.05, 0.1) is 12.9 Å². The average molecular weight is 334 g/mol. The Bertz CT molecular complexity index is 657. The molecule has 0 spiro atoms. The number of rotatable bonds is 8. The number of carbonyl (C=O) groups is 1. The number of benzene rings is 1. The van der Waals surface area contributed by atoms with Gasteiger partial charge in [0.25, 0.3) is 0 Å². The van der Waals surface area contributed by atoms with Gasteiger partial charge in [-0.25, -0.2) is 0 Å². The summed E-state index contributed by atoms with van der Waals surface area (Å²) < 4.78 is 7.23. The molecule has 0 radical (unpaired) electrons. The van der Waals surface area contributed by atoms with E-state index < -0.39 is 0 Å². The quantitative estimate of drug-likeness (QED) is 0.752.